The van der Waals surface area contributed by atoms with Gasteiger partial charge in [0.05, 0.1) is 10.6 Å². The molecule has 1 saturated carbocycles. The van der Waals surface area contributed by atoms with Gasteiger partial charge in [-0.25, -0.2) is 4.39 Å². The summed E-state index contributed by atoms with van der Waals surface area (Å²) < 4.78 is 13.0. The summed E-state index contributed by atoms with van der Waals surface area (Å²) in [6.45, 7) is 0.583. The highest BCUT2D eigenvalue weighted by atomic mass is 35.5. The van der Waals surface area contributed by atoms with Crippen molar-refractivity contribution >= 4 is 17.5 Å². The van der Waals surface area contributed by atoms with E-state index in [9.17, 15) is 9.18 Å². The Morgan fingerprint density at radius 2 is 2.26 bits per heavy atom. The van der Waals surface area contributed by atoms with Crippen molar-refractivity contribution in [2.45, 2.75) is 25.3 Å². The standard InChI is InChI=1S/C14H18ClFN2O/c1-18(13-4-2-3-9(13)8-17)14(19)11-6-5-10(16)7-12(11)15/h5-7,9,13H,2-4,8,17H2,1H3. The van der Waals surface area contributed by atoms with E-state index in [1.54, 1.807) is 11.9 Å². The van der Waals surface area contributed by atoms with Crippen LogP contribution < -0.4 is 5.73 Å². The number of amides is 1. The van der Waals surface area contributed by atoms with Crippen molar-refractivity contribution in [3.05, 3.63) is 34.6 Å². The highest BCUT2D eigenvalue weighted by Gasteiger charge is 2.32. The number of benzene rings is 1. The zero-order valence-corrected chi connectivity index (χ0v) is 11.7. The molecule has 2 atom stereocenters. The van der Waals surface area contributed by atoms with Gasteiger partial charge in [-0.3, -0.25) is 4.79 Å². The molecule has 2 rings (SSSR count). The molecule has 19 heavy (non-hydrogen) atoms. The second kappa shape index (κ2) is 5.88. The maximum absolute atomic E-state index is 13.0. The van der Waals surface area contributed by atoms with Crippen LogP contribution in [0.2, 0.25) is 5.02 Å². The summed E-state index contributed by atoms with van der Waals surface area (Å²) in [4.78, 5) is 14.1. The monoisotopic (exact) mass is 284 g/mol. The van der Waals surface area contributed by atoms with Gasteiger partial charge < -0.3 is 10.6 Å². The maximum atomic E-state index is 13.0. The molecule has 2 unspecified atom stereocenters. The van der Waals surface area contributed by atoms with Crippen molar-refractivity contribution in [2.24, 2.45) is 11.7 Å². The van der Waals surface area contributed by atoms with Crippen LogP contribution in [0.25, 0.3) is 0 Å². The zero-order chi connectivity index (χ0) is 14.0. The van der Waals surface area contributed by atoms with Crippen LogP contribution >= 0.6 is 11.6 Å². The second-order valence-corrected chi connectivity index (χ2v) is 5.44. The van der Waals surface area contributed by atoms with E-state index in [4.69, 9.17) is 17.3 Å². The van der Waals surface area contributed by atoms with Crippen LogP contribution in [0.3, 0.4) is 0 Å². The second-order valence-electron chi connectivity index (χ2n) is 5.03. The molecule has 104 valence electrons. The van der Waals surface area contributed by atoms with E-state index >= 15 is 0 Å². The molecule has 1 amide bonds. The third-order valence-electron chi connectivity index (χ3n) is 3.90. The van der Waals surface area contributed by atoms with Gasteiger partial charge in [-0.1, -0.05) is 18.0 Å². The van der Waals surface area contributed by atoms with E-state index in [1.807, 2.05) is 0 Å². The van der Waals surface area contributed by atoms with Gasteiger partial charge in [0.15, 0.2) is 0 Å². The van der Waals surface area contributed by atoms with Crippen LogP contribution in [-0.4, -0.2) is 30.4 Å². The summed E-state index contributed by atoms with van der Waals surface area (Å²) in [5, 5.41) is 0.152. The average molecular weight is 285 g/mol. The first-order valence-electron chi connectivity index (χ1n) is 6.47. The van der Waals surface area contributed by atoms with Crippen LogP contribution in [0, 0.1) is 11.7 Å². The Labute approximate surface area is 117 Å². The van der Waals surface area contributed by atoms with E-state index in [0.717, 1.165) is 25.3 Å². The zero-order valence-electron chi connectivity index (χ0n) is 10.9. The molecule has 0 saturated heterocycles. The molecule has 1 fully saturated rings. The van der Waals surface area contributed by atoms with Crippen molar-refractivity contribution in [3.63, 3.8) is 0 Å². The molecule has 0 spiro atoms. The van der Waals surface area contributed by atoms with Crippen LogP contribution in [0.1, 0.15) is 29.6 Å². The molecule has 0 aromatic heterocycles. The molecule has 0 heterocycles. The number of nitrogens with zero attached hydrogens (tertiary/aromatic N) is 1. The average Bonchev–Trinajstić information content (AvgIpc) is 2.85. The topological polar surface area (TPSA) is 46.3 Å². The van der Waals surface area contributed by atoms with Crippen LogP contribution in [-0.2, 0) is 0 Å². The molecule has 3 nitrogen and oxygen atoms in total. The third kappa shape index (κ3) is 2.90. The predicted molar refractivity (Wildman–Crippen MR) is 73.7 cm³/mol. The maximum Gasteiger partial charge on any atom is 0.255 e. The first kappa shape index (κ1) is 14.3. The molecule has 5 heteroatoms. The van der Waals surface area contributed by atoms with Gasteiger partial charge in [0.1, 0.15) is 5.82 Å². The smallest absolute Gasteiger partial charge is 0.255 e. The van der Waals surface area contributed by atoms with Crippen LogP contribution in [0.4, 0.5) is 4.39 Å². The minimum atomic E-state index is -0.440. The molecule has 2 N–H and O–H groups in total. The number of carbonyl (C=O) groups excluding carboxylic acids is 1. The molecular formula is C14H18ClFN2O. The molecule has 1 aromatic rings. The Balaban J connectivity index is 2.19. The molecule has 0 aliphatic heterocycles. The summed E-state index contributed by atoms with van der Waals surface area (Å²) in [5.41, 5.74) is 6.08. The van der Waals surface area contributed by atoms with Gasteiger partial charge >= 0.3 is 0 Å². The van der Waals surface area contributed by atoms with Crippen molar-refractivity contribution in [2.75, 3.05) is 13.6 Å². The number of nitrogens with two attached hydrogens (primary N) is 1. The van der Waals surface area contributed by atoms with Crippen LogP contribution in [0.5, 0.6) is 0 Å². The van der Waals surface area contributed by atoms with E-state index < -0.39 is 5.82 Å². The Morgan fingerprint density at radius 3 is 2.89 bits per heavy atom. The lowest BCUT2D eigenvalue weighted by Crippen LogP contribution is -2.41. The number of carbonyl (C=O) groups is 1. The van der Waals surface area contributed by atoms with Gasteiger partial charge in [0.25, 0.3) is 5.91 Å². The third-order valence-corrected chi connectivity index (χ3v) is 4.21. The SMILES string of the molecule is CN(C(=O)c1ccc(F)cc1Cl)C1CCCC1CN. The largest absolute Gasteiger partial charge is 0.338 e. The highest BCUT2D eigenvalue weighted by molar-refractivity contribution is 6.33. The number of rotatable bonds is 3. The fourth-order valence-corrected chi connectivity index (χ4v) is 3.05. The molecule has 0 radical (unpaired) electrons. The summed E-state index contributed by atoms with van der Waals surface area (Å²) in [5.74, 6) is -0.270. The first-order valence-corrected chi connectivity index (χ1v) is 6.84. The van der Waals surface area contributed by atoms with Gasteiger partial charge in [0.2, 0.25) is 0 Å². The number of halogens is 2. The summed E-state index contributed by atoms with van der Waals surface area (Å²) in [7, 11) is 1.76. The normalized spacial score (nSPS) is 22.5. The first-order chi connectivity index (χ1) is 9.04. The van der Waals surface area contributed by atoms with E-state index in [0.29, 0.717) is 18.0 Å². The lowest BCUT2D eigenvalue weighted by atomic mass is 10.0. The van der Waals surface area contributed by atoms with Gasteiger partial charge in [-0.2, -0.15) is 0 Å². The Morgan fingerprint density at radius 1 is 1.53 bits per heavy atom. The summed E-state index contributed by atoms with van der Waals surface area (Å²) in [6, 6.07) is 4.00. The summed E-state index contributed by atoms with van der Waals surface area (Å²) in [6.07, 6.45) is 3.10. The molecule has 1 aliphatic rings. The predicted octanol–water partition coefficient (Wildman–Crippen LogP) is 2.68. The molecule has 0 bridgehead atoms. The lowest BCUT2D eigenvalue weighted by Gasteiger charge is -2.29. The minimum absolute atomic E-state index is 0.151. The van der Waals surface area contributed by atoms with Crippen molar-refractivity contribution in [3.8, 4) is 0 Å². The molecular weight excluding hydrogens is 267 g/mol. The fourth-order valence-electron chi connectivity index (χ4n) is 2.81. The Kier molecular flexibility index (Phi) is 4.42. The van der Waals surface area contributed by atoms with E-state index in [-0.39, 0.29) is 17.0 Å². The lowest BCUT2D eigenvalue weighted by molar-refractivity contribution is 0.0700. The van der Waals surface area contributed by atoms with E-state index in [2.05, 4.69) is 0 Å². The van der Waals surface area contributed by atoms with Crippen molar-refractivity contribution in [1.82, 2.24) is 4.90 Å². The van der Waals surface area contributed by atoms with Crippen molar-refractivity contribution in [1.29, 1.82) is 0 Å². The number of hydrogen-bond donors (Lipinski definition) is 1. The molecule has 1 aliphatic carbocycles. The number of hydrogen-bond acceptors (Lipinski definition) is 2. The summed E-state index contributed by atoms with van der Waals surface area (Å²) >= 11 is 5.93. The van der Waals surface area contributed by atoms with Gasteiger partial charge in [-0.15, -0.1) is 0 Å². The van der Waals surface area contributed by atoms with Gasteiger partial charge in [0, 0.05) is 13.1 Å². The quantitative estimate of drug-likeness (QED) is 0.927. The fraction of sp³-hybridized carbons (Fsp3) is 0.500. The van der Waals surface area contributed by atoms with Gasteiger partial charge in [-0.05, 0) is 43.5 Å². The van der Waals surface area contributed by atoms with Crippen molar-refractivity contribution < 1.29 is 9.18 Å². The van der Waals surface area contributed by atoms with Crippen LogP contribution in [0.15, 0.2) is 18.2 Å². The highest BCUT2D eigenvalue weighted by Crippen LogP contribution is 2.30. The van der Waals surface area contributed by atoms with E-state index in [1.165, 1.54) is 12.1 Å². The minimum Gasteiger partial charge on any atom is -0.338 e. The Hall–Kier alpha value is -1.13. The Bertz CT molecular complexity index is 481. The molecule has 1 aromatic carbocycles.